The van der Waals surface area contributed by atoms with E-state index in [4.69, 9.17) is 5.11 Å². The molecular weight excluding hydrogens is 234 g/mol. The monoisotopic (exact) mass is 251 g/mol. The van der Waals surface area contributed by atoms with Crippen LogP contribution < -0.4 is 5.32 Å². The second-order valence-corrected chi connectivity index (χ2v) is 4.05. The molecular formula is C13H17NO4. The summed E-state index contributed by atoms with van der Waals surface area (Å²) in [5.74, 6) is -1.41. The molecule has 0 aromatic heterocycles. The Morgan fingerprint density at radius 3 is 2.56 bits per heavy atom. The quantitative estimate of drug-likeness (QED) is 0.711. The first-order valence-electron chi connectivity index (χ1n) is 5.83. The fourth-order valence-corrected chi connectivity index (χ4v) is 1.62. The highest BCUT2D eigenvalue weighted by Crippen LogP contribution is 2.15. The predicted molar refractivity (Wildman–Crippen MR) is 66.3 cm³/mol. The number of amides is 1. The van der Waals surface area contributed by atoms with Crippen molar-refractivity contribution < 1.29 is 19.8 Å². The van der Waals surface area contributed by atoms with Crippen molar-refractivity contribution in [2.24, 2.45) is 0 Å². The van der Waals surface area contributed by atoms with E-state index >= 15 is 0 Å². The van der Waals surface area contributed by atoms with Crippen LogP contribution in [0.4, 0.5) is 0 Å². The first kappa shape index (κ1) is 14.0. The van der Waals surface area contributed by atoms with E-state index in [0.717, 1.165) is 0 Å². The fourth-order valence-electron chi connectivity index (χ4n) is 1.62. The second kappa shape index (κ2) is 6.64. The van der Waals surface area contributed by atoms with Gasteiger partial charge in [0.15, 0.2) is 0 Å². The molecule has 0 saturated heterocycles. The van der Waals surface area contributed by atoms with Gasteiger partial charge >= 0.3 is 5.97 Å². The van der Waals surface area contributed by atoms with Gasteiger partial charge < -0.3 is 15.5 Å². The number of nitrogens with one attached hydrogen (secondary N) is 1. The van der Waals surface area contributed by atoms with E-state index in [1.807, 2.05) is 6.92 Å². The number of phenolic OH excluding ortho intramolecular Hbond substituents is 1. The first-order chi connectivity index (χ1) is 8.54. The highest BCUT2D eigenvalue weighted by Gasteiger charge is 2.19. The fraction of sp³-hybridized carbons (Fsp3) is 0.385. The third-order valence-corrected chi connectivity index (χ3v) is 2.55. The van der Waals surface area contributed by atoms with Gasteiger partial charge in [-0.05, 0) is 12.5 Å². The van der Waals surface area contributed by atoms with Gasteiger partial charge in [0.2, 0.25) is 5.91 Å². The molecule has 1 rings (SSSR count). The minimum Gasteiger partial charge on any atom is -0.508 e. The number of phenols is 1. The number of hydrogen-bond acceptors (Lipinski definition) is 3. The molecule has 0 radical (unpaired) electrons. The zero-order chi connectivity index (χ0) is 13.5. The van der Waals surface area contributed by atoms with Crippen LogP contribution in [0.2, 0.25) is 0 Å². The van der Waals surface area contributed by atoms with Gasteiger partial charge in [0.25, 0.3) is 0 Å². The van der Waals surface area contributed by atoms with Crippen LogP contribution in [0.1, 0.15) is 25.3 Å². The standard InChI is InChI=1S/C13H17NO4/c1-2-5-10(13(17)18)14-12(16)8-9-6-3-4-7-11(9)15/h3-4,6-7,10,15H,2,5,8H2,1H3,(H,14,16)(H,17,18)/t10-/m0/s1. The molecule has 0 heterocycles. The lowest BCUT2D eigenvalue weighted by Crippen LogP contribution is -2.41. The summed E-state index contributed by atoms with van der Waals surface area (Å²) in [7, 11) is 0. The van der Waals surface area contributed by atoms with Gasteiger partial charge in [-0.3, -0.25) is 4.79 Å². The molecule has 0 saturated carbocycles. The van der Waals surface area contributed by atoms with Crippen LogP contribution >= 0.6 is 0 Å². The third kappa shape index (κ3) is 4.08. The minimum absolute atomic E-state index is 0.0276. The Morgan fingerprint density at radius 2 is 2.00 bits per heavy atom. The van der Waals surface area contributed by atoms with Gasteiger partial charge in [0.1, 0.15) is 11.8 Å². The first-order valence-corrected chi connectivity index (χ1v) is 5.83. The summed E-state index contributed by atoms with van der Waals surface area (Å²) in [4.78, 5) is 22.5. The van der Waals surface area contributed by atoms with Crippen molar-refractivity contribution in [3.8, 4) is 5.75 Å². The van der Waals surface area contributed by atoms with E-state index in [2.05, 4.69) is 5.32 Å². The molecule has 0 spiro atoms. The van der Waals surface area contributed by atoms with Crippen LogP contribution in [0.5, 0.6) is 5.75 Å². The Bertz CT molecular complexity index is 431. The van der Waals surface area contributed by atoms with E-state index in [1.54, 1.807) is 18.2 Å². The van der Waals surface area contributed by atoms with Crippen molar-refractivity contribution in [2.45, 2.75) is 32.2 Å². The summed E-state index contributed by atoms with van der Waals surface area (Å²) in [6.45, 7) is 1.85. The number of carboxylic acid groups (broad SMARTS) is 1. The van der Waals surface area contributed by atoms with Crippen molar-refractivity contribution in [3.63, 3.8) is 0 Å². The van der Waals surface area contributed by atoms with E-state index in [1.165, 1.54) is 6.07 Å². The average Bonchev–Trinajstić information content (AvgIpc) is 2.31. The molecule has 1 aromatic rings. The predicted octanol–water partition coefficient (Wildman–Crippen LogP) is 1.30. The minimum atomic E-state index is -1.04. The maximum Gasteiger partial charge on any atom is 0.326 e. The van der Waals surface area contributed by atoms with Crippen LogP contribution in [-0.4, -0.2) is 28.1 Å². The highest BCUT2D eigenvalue weighted by atomic mass is 16.4. The lowest BCUT2D eigenvalue weighted by Gasteiger charge is -2.13. The number of rotatable bonds is 6. The van der Waals surface area contributed by atoms with Crippen LogP contribution in [0.25, 0.3) is 0 Å². The Kier molecular flexibility index (Phi) is 5.17. The molecule has 1 atom stereocenters. The molecule has 3 N–H and O–H groups in total. The second-order valence-electron chi connectivity index (χ2n) is 4.05. The normalized spacial score (nSPS) is 11.8. The van der Waals surface area contributed by atoms with Gasteiger partial charge in [-0.15, -0.1) is 0 Å². The Morgan fingerprint density at radius 1 is 1.33 bits per heavy atom. The van der Waals surface area contributed by atoms with Crippen LogP contribution in [0.15, 0.2) is 24.3 Å². The number of carboxylic acids is 1. The third-order valence-electron chi connectivity index (χ3n) is 2.55. The molecule has 0 aliphatic carbocycles. The van der Waals surface area contributed by atoms with Gasteiger partial charge in [0.05, 0.1) is 6.42 Å². The Balaban J connectivity index is 2.61. The molecule has 0 aliphatic heterocycles. The average molecular weight is 251 g/mol. The molecule has 18 heavy (non-hydrogen) atoms. The number of aromatic hydroxyl groups is 1. The number of hydrogen-bond donors (Lipinski definition) is 3. The molecule has 98 valence electrons. The number of carbonyl (C=O) groups is 2. The number of benzene rings is 1. The van der Waals surface area contributed by atoms with Crippen LogP contribution in [0, 0.1) is 0 Å². The molecule has 1 aromatic carbocycles. The number of carbonyl (C=O) groups excluding carboxylic acids is 1. The van der Waals surface area contributed by atoms with Crippen molar-refractivity contribution in [1.29, 1.82) is 0 Å². The summed E-state index contributed by atoms with van der Waals surface area (Å²) in [5.41, 5.74) is 0.482. The summed E-state index contributed by atoms with van der Waals surface area (Å²) in [5, 5.41) is 20.9. The summed E-state index contributed by atoms with van der Waals surface area (Å²) >= 11 is 0. The summed E-state index contributed by atoms with van der Waals surface area (Å²) in [6.07, 6.45) is 1.04. The maximum atomic E-state index is 11.7. The van der Waals surface area contributed by atoms with Crippen LogP contribution in [-0.2, 0) is 16.0 Å². The van der Waals surface area contributed by atoms with E-state index in [9.17, 15) is 14.7 Å². The lowest BCUT2D eigenvalue weighted by atomic mass is 10.1. The number of para-hydroxylation sites is 1. The van der Waals surface area contributed by atoms with Crippen molar-refractivity contribution >= 4 is 11.9 Å². The van der Waals surface area contributed by atoms with Gasteiger partial charge in [-0.25, -0.2) is 4.79 Å². The molecule has 5 nitrogen and oxygen atoms in total. The molecule has 0 aliphatic rings. The topological polar surface area (TPSA) is 86.6 Å². The molecule has 1 amide bonds. The van der Waals surface area contributed by atoms with Crippen LogP contribution in [0.3, 0.4) is 0 Å². The molecule has 0 unspecified atom stereocenters. The molecule has 0 fully saturated rings. The van der Waals surface area contributed by atoms with Crippen molar-refractivity contribution in [1.82, 2.24) is 5.32 Å². The van der Waals surface area contributed by atoms with Crippen molar-refractivity contribution in [3.05, 3.63) is 29.8 Å². The van der Waals surface area contributed by atoms with E-state index < -0.39 is 17.9 Å². The SMILES string of the molecule is CCC[C@H](NC(=O)Cc1ccccc1O)C(=O)O. The summed E-state index contributed by atoms with van der Waals surface area (Å²) < 4.78 is 0. The smallest absolute Gasteiger partial charge is 0.326 e. The summed E-state index contributed by atoms with van der Waals surface area (Å²) in [6, 6.07) is 5.62. The lowest BCUT2D eigenvalue weighted by molar-refractivity contribution is -0.141. The van der Waals surface area contributed by atoms with Crippen molar-refractivity contribution in [2.75, 3.05) is 0 Å². The van der Waals surface area contributed by atoms with Gasteiger partial charge in [-0.2, -0.15) is 0 Å². The molecule has 0 bridgehead atoms. The Labute approximate surface area is 105 Å². The number of aliphatic carboxylic acids is 1. The maximum absolute atomic E-state index is 11.7. The highest BCUT2D eigenvalue weighted by molar-refractivity contribution is 5.85. The zero-order valence-corrected chi connectivity index (χ0v) is 10.2. The van der Waals surface area contributed by atoms with E-state index in [0.29, 0.717) is 18.4 Å². The van der Waals surface area contributed by atoms with Gasteiger partial charge in [0, 0.05) is 5.56 Å². The largest absolute Gasteiger partial charge is 0.508 e. The Hall–Kier alpha value is -2.04. The zero-order valence-electron chi connectivity index (χ0n) is 10.2. The van der Waals surface area contributed by atoms with Gasteiger partial charge in [-0.1, -0.05) is 31.5 Å². The van der Waals surface area contributed by atoms with E-state index in [-0.39, 0.29) is 12.2 Å². The molecule has 5 heteroatoms.